The van der Waals surface area contributed by atoms with Gasteiger partial charge in [0.2, 0.25) is 16.3 Å². The highest BCUT2D eigenvalue weighted by Crippen LogP contribution is 2.56. The number of pyridine rings is 1. The Morgan fingerprint density at radius 3 is 2.30 bits per heavy atom. The zero-order chi connectivity index (χ0) is 31.4. The number of aliphatic hydroxyl groups excluding tert-OH is 2. The number of ether oxygens (including phenoxy) is 1. The molecule has 0 saturated carbocycles. The largest absolute Gasteiger partial charge is 0.510 e. The Morgan fingerprint density at radius 1 is 0.977 bits per heavy atom. The van der Waals surface area contributed by atoms with Crippen molar-refractivity contribution in [3.05, 3.63) is 122 Å². The average molecular weight is 675 g/mol. The third kappa shape index (κ3) is 3.41. The summed E-state index contributed by atoms with van der Waals surface area (Å²) < 4.78 is 5.31. The van der Waals surface area contributed by atoms with Gasteiger partial charge in [0, 0.05) is 32.6 Å². The molecule has 4 N–H and O–H groups in total. The first kappa shape index (κ1) is 27.9. The molecule has 1 spiro atoms. The topological polar surface area (TPSA) is 184 Å². The van der Waals surface area contributed by atoms with Crippen LogP contribution in [0.5, 0.6) is 11.5 Å². The minimum atomic E-state index is -1.99. The summed E-state index contributed by atoms with van der Waals surface area (Å²) in [5.41, 5.74) is -5.38. The summed E-state index contributed by atoms with van der Waals surface area (Å²) in [7, 11) is 1.12. The molecule has 0 fully saturated rings. The highest BCUT2D eigenvalue weighted by molar-refractivity contribution is 9.10. The van der Waals surface area contributed by atoms with Crippen LogP contribution in [0.1, 0.15) is 33.9 Å². The van der Waals surface area contributed by atoms with E-state index in [1.807, 2.05) is 12.3 Å². The van der Waals surface area contributed by atoms with Crippen molar-refractivity contribution >= 4 is 61.7 Å². The van der Waals surface area contributed by atoms with Crippen LogP contribution in [0.3, 0.4) is 0 Å². The molecule has 0 radical (unpaired) electrons. The van der Waals surface area contributed by atoms with E-state index in [1.54, 1.807) is 18.2 Å². The summed E-state index contributed by atoms with van der Waals surface area (Å²) in [5.74, 6) is -2.53. The second kappa shape index (κ2) is 9.31. The summed E-state index contributed by atoms with van der Waals surface area (Å²) in [5, 5.41) is 35.0. The monoisotopic (exact) mass is 674 g/mol. The summed E-state index contributed by atoms with van der Waals surface area (Å²) in [6.45, 7) is 1.87. The van der Waals surface area contributed by atoms with Crippen molar-refractivity contribution in [3.8, 4) is 11.5 Å². The molecule has 220 valence electrons. The molecule has 0 bridgehead atoms. The van der Waals surface area contributed by atoms with Gasteiger partial charge in [-0.1, -0.05) is 0 Å². The number of phenols is 1. The number of hydrogen-bond donors (Lipinski definition) is 4. The van der Waals surface area contributed by atoms with E-state index in [4.69, 9.17) is 4.74 Å². The van der Waals surface area contributed by atoms with Gasteiger partial charge >= 0.3 is 0 Å². The third-order valence-electron chi connectivity index (χ3n) is 8.45. The Hall–Kier alpha value is -4.88. The molecule has 4 aliphatic carbocycles. The van der Waals surface area contributed by atoms with Crippen LogP contribution in [0, 0.1) is 17.4 Å². The predicted molar refractivity (Wildman–Crippen MR) is 167 cm³/mol. The highest BCUT2D eigenvalue weighted by atomic mass is 79.9. The number of aliphatic hydroxyl groups is 2. The van der Waals surface area contributed by atoms with Gasteiger partial charge in [-0.15, -0.1) is 11.3 Å². The number of aromatic amines is 1. The van der Waals surface area contributed by atoms with E-state index in [-0.39, 0.29) is 23.8 Å². The number of aryl methyl sites for hydroxylation is 1. The number of rotatable bonds is 3. The first-order valence-electron chi connectivity index (χ1n) is 13.2. The molecule has 13 heteroatoms. The van der Waals surface area contributed by atoms with Gasteiger partial charge in [0.1, 0.15) is 22.7 Å². The fourth-order valence-electron chi connectivity index (χ4n) is 6.53. The third-order valence-corrected chi connectivity index (χ3v) is 10.1. The Morgan fingerprint density at radius 2 is 1.66 bits per heavy atom. The maximum absolute atomic E-state index is 13.7. The number of fused-ring (bicyclic) bond motifs is 4. The highest BCUT2D eigenvalue weighted by Gasteiger charge is 2.53. The smallest absolute Gasteiger partial charge is 0.260 e. The number of thiazole rings is 1. The normalized spacial score (nSPS) is 17.4. The van der Waals surface area contributed by atoms with Gasteiger partial charge in [-0.05, 0) is 59.5 Å². The number of hydrogen-bond acceptors (Lipinski definition) is 11. The van der Waals surface area contributed by atoms with E-state index >= 15 is 0 Å². The van der Waals surface area contributed by atoms with Crippen molar-refractivity contribution in [2.45, 2.75) is 25.2 Å². The number of phenolic OH excluding ortho intramolecular Hbond substituents is 1. The van der Waals surface area contributed by atoms with E-state index in [9.17, 15) is 39.3 Å². The molecule has 1 atom stereocenters. The van der Waals surface area contributed by atoms with Gasteiger partial charge in [0.25, 0.3) is 5.56 Å². The van der Waals surface area contributed by atoms with E-state index in [1.165, 1.54) is 11.3 Å². The second-order valence-corrected chi connectivity index (χ2v) is 12.5. The van der Waals surface area contributed by atoms with Crippen LogP contribution < -0.4 is 42.4 Å². The SMILES string of the molecule is COc1cc(=O)c2c(=O)c3c(c(=O)c=2c1=O)=C(O)[C@]1(CCc2c1c(O)c1c(=O)[nH]c(/C=C/c4csc(C)n4)cc1c2Br)C=3O. The molecule has 1 aromatic carbocycles. The van der Waals surface area contributed by atoms with E-state index < -0.39 is 76.6 Å². The van der Waals surface area contributed by atoms with E-state index in [0.29, 0.717) is 26.8 Å². The average Bonchev–Trinajstić information content (AvgIpc) is 3.66. The lowest BCUT2D eigenvalue weighted by Crippen LogP contribution is -2.51. The number of nitrogens with zero attached hydrogens (tertiary/aromatic N) is 1. The van der Waals surface area contributed by atoms with Gasteiger partial charge in [-0.3, -0.25) is 24.0 Å². The number of H-pyrrole nitrogens is 1. The molecular weight excluding hydrogens is 656 g/mol. The summed E-state index contributed by atoms with van der Waals surface area (Å²) in [6.07, 6.45) is 3.44. The molecule has 4 aliphatic rings. The fraction of sp³-hybridized carbons (Fsp3) is 0.161. The minimum absolute atomic E-state index is 0.0695. The van der Waals surface area contributed by atoms with Crippen LogP contribution in [0.4, 0.5) is 0 Å². The number of nitrogens with one attached hydrogen (secondary N) is 1. The molecule has 2 aromatic heterocycles. The van der Waals surface area contributed by atoms with Crippen LogP contribution in [0.15, 0.2) is 46.0 Å². The van der Waals surface area contributed by atoms with Crippen molar-refractivity contribution in [3.63, 3.8) is 0 Å². The predicted octanol–water partition coefficient (Wildman–Crippen LogP) is 1.21. The Labute approximate surface area is 256 Å². The Bertz CT molecular complexity index is 2670. The minimum Gasteiger partial charge on any atom is -0.510 e. The van der Waals surface area contributed by atoms with Crippen LogP contribution in [0.25, 0.3) is 34.4 Å². The number of benzene rings is 1. The van der Waals surface area contributed by atoms with Crippen molar-refractivity contribution in [2.75, 3.05) is 7.11 Å². The van der Waals surface area contributed by atoms with Crippen LogP contribution in [-0.2, 0) is 11.8 Å². The molecule has 44 heavy (non-hydrogen) atoms. The molecule has 0 amide bonds. The first-order valence-corrected chi connectivity index (χ1v) is 14.9. The van der Waals surface area contributed by atoms with E-state index in [0.717, 1.165) is 18.2 Å². The molecule has 0 saturated heterocycles. The molecule has 11 nitrogen and oxygen atoms in total. The van der Waals surface area contributed by atoms with Crippen LogP contribution in [0.2, 0.25) is 0 Å². The zero-order valence-electron chi connectivity index (χ0n) is 22.8. The number of halogens is 1. The van der Waals surface area contributed by atoms with Crippen molar-refractivity contribution in [1.29, 1.82) is 0 Å². The van der Waals surface area contributed by atoms with Gasteiger partial charge in [-0.25, -0.2) is 4.98 Å². The maximum Gasteiger partial charge on any atom is 0.260 e. The van der Waals surface area contributed by atoms with Crippen LogP contribution >= 0.6 is 27.3 Å². The number of aromatic hydroxyl groups is 1. The molecule has 3 aromatic rings. The molecule has 0 unspecified atom stereocenters. The Kier molecular flexibility index (Phi) is 5.91. The standard InChI is InChI=1S/C31H19BrN2O9S/c1-10-33-12(9-44-10)4-3-11-7-14-17(30(42)34-11)27(39)22-13(23(14)32)5-6-31(22)28(40)20-21(29(31)41)26(38)19-18(25(20)37)15(35)8-16(43-2)24(19)36/h3-4,7-9,39-41H,5-6H2,1-2H3,(H,34,42)/b4-3+/t31-/m0/s1. The number of aromatic nitrogens is 2. The maximum atomic E-state index is 13.7. The summed E-state index contributed by atoms with van der Waals surface area (Å²) in [4.78, 5) is 73.5. The van der Waals surface area contributed by atoms with Crippen molar-refractivity contribution in [2.24, 2.45) is 0 Å². The quantitative estimate of drug-likeness (QED) is 0.217. The lowest BCUT2D eigenvalue weighted by Gasteiger charge is -2.27. The van der Waals surface area contributed by atoms with Gasteiger partial charge < -0.3 is 25.0 Å². The lowest BCUT2D eigenvalue weighted by molar-refractivity contribution is 0.362. The lowest BCUT2D eigenvalue weighted by atomic mass is 9.78. The molecule has 7 rings (SSSR count). The summed E-state index contributed by atoms with van der Waals surface area (Å²) >= 11 is 5.02. The molecule has 0 aliphatic heterocycles. The Balaban J connectivity index is 1.55. The fourth-order valence-corrected chi connectivity index (χ4v) is 7.82. The molecular formula is C31H19BrN2O9S. The van der Waals surface area contributed by atoms with Crippen molar-refractivity contribution < 1.29 is 20.1 Å². The second-order valence-electron chi connectivity index (χ2n) is 10.7. The zero-order valence-corrected chi connectivity index (χ0v) is 25.2. The molecule has 2 heterocycles. The van der Waals surface area contributed by atoms with Gasteiger partial charge in [0.05, 0.1) is 44.1 Å². The van der Waals surface area contributed by atoms with Crippen molar-refractivity contribution in [1.82, 2.24) is 9.97 Å². The van der Waals surface area contributed by atoms with Gasteiger partial charge in [0.15, 0.2) is 11.2 Å². The van der Waals surface area contributed by atoms with Gasteiger partial charge in [-0.2, -0.15) is 0 Å². The summed E-state index contributed by atoms with van der Waals surface area (Å²) in [6, 6.07) is 2.44. The van der Waals surface area contributed by atoms with Crippen LogP contribution in [-0.4, -0.2) is 32.4 Å². The number of methoxy groups -OCH3 is 1. The van der Waals surface area contributed by atoms with E-state index in [2.05, 4.69) is 25.9 Å². The first-order chi connectivity index (χ1) is 20.9.